The molecule has 1 aromatic rings. The van der Waals surface area contributed by atoms with E-state index < -0.39 is 0 Å². The summed E-state index contributed by atoms with van der Waals surface area (Å²) < 4.78 is 5.32. The SMILES string of the molecule is Oc1c(Cl)cccc1CNCCC1CCOC1. The maximum Gasteiger partial charge on any atom is 0.138 e. The van der Waals surface area contributed by atoms with E-state index in [0.717, 1.165) is 31.7 Å². The van der Waals surface area contributed by atoms with Crippen LogP contribution in [-0.2, 0) is 11.3 Å². The maximum absolute atomic E-state index is 9.72. The van der Waals surface area contributed by atoms with Gasteiger partial charge in [0.2, 0.25) is 0 Å². The van der Waals surface area contributed by atoms with Crippen molar-refractivity contribution in [1.82, 2.24) is 5.32 Å². The average Bonchev–Trinajstić information content (AvgIpc) is 2.83. The second-order valence-corrected chi connectivity index (χ2v) is 4.85. The van der Waals surface area contributed by atoms with Gasteiger partial charge in [0.05, 0.1) is 5.02 Å². The summed E-state index contributed by atoms with van der Waals surface area (Å²) in [6, 6.07) is 5.42. The Bertz CT molecular complexity index is 364. The second-order valence-electron chi connectivity index (χ2n) is 4.44. The van der Waals surface area contributed by atoms with Gasteiger partial charge in [-0.15, -0.1) is 0 Å². The predicted molar refractivity (Wildman–Crippen MR) is 68.4 cm³/mol. The molecule has 4 heteroatoms. The fraction of sp³-hybridized carbons (Fsp3) is 0.538. The third-order valence-electron chi connectivity index (χ3n) is 3.14. The monoisotopic (exact) mass is 255 g/mol. The van der Waals surface area contributed by atoms with Crippen LogP contribution in [0.15, 0.2) is 18.2 Å². The minimum absolute atomic E-state index is 0.186. The quantitative estimate of drug-likeness (QED) is 0.795. The average molecular weight is 256 g/mol. The van der Waals surface area contributed by atoms with Crippen molar-refractivity contribution < 1.29 is 9.84 Å². The van der Waals surface area contributed by atoms with Crippen molar-refractivity contribution >= 4 is 11.6 Å². The van der Waals surface area contributed by atoms with Gasteiger partial charge in [0, 0.05) is 25.3 Å². The first-order chi connectivity index (χ1) is 8.27. The van der Waals surface area contributed by atoms with Gasteiger partial charge in [-0.3, -0.25) is 0 Å². The number of phenols is 1. The summed E-state index contributed by atoms with van der Waals surface area (Å²) in [6.07, 6.45) is 2.30. The summed E-state index contributed by atoms with van der Waals surface area (Å²) in [5.74, 6) is 0.876. The first-order valence-corrected chi connectivity index (χ1v) is 6.40. The van der Waals surface area contributed by atoms with E-state index in [1.165, 1.54) is 6.42 Å². The molecule has 0 aliphatic carbocycles. The third-order valence-corrected chi connectivity index (χ3v) is 3.44. The minimum atomic E-state index is 0.186. The van der Waals surface area contributed by atoms with Crippen molar-refractivity contribution in [3.63, 3.8) is 0 Å². The van der Waals surface area contributed by atoms with Crippen LogP contribution in [0.25, 0.3) is 0 Å². The highest BCUT2D eigenvalue weighted by Crippen LogP contribution is 2.26. The van der Waals surface area contributed by atoms with Crippen LogP contribution in [0.5, 0.6) is 5.75 Å². The molecule has 0 amide bonds. The molecule has 1 aliphatic rings. The number of ether oxygens (including phenoxy) is 1. The number of phenolic OH excluding ortho intramolecular Hbond substituents is 1. The Balaban J connectivity index is 1.72. The molecule has 0 radical (unpaired) electrons. The minimum Gasteiger partial charge on any atom is -0.506 e. The molecule has 0 saturated carbocycles. The lowest BCUT2D eigenvalue weighted by Crippen LogP contribution is -2.18. The van der Waals surface area contributed by atoms with E-state index in [9.17, 15) is 5.11 Å². The van der Waals surface area contributed by atoms with Gasteiger partial charge in [-0.05, 0) is 31.4 Å². The van der Waals surface area contributed by atoms with Gasteiger partial charge in [0.15, 0.2) is 0 Å². The Morgan fingerprint density at radius 3 is 3.12 bits per heavy atom. The lowest BCUT2D eigenvalue weighted by atomic mass is 10.1. The number of rotatable bonds is 5. The fourth-order valence-corrected chi connectivity index (χ4v) is 2.24. The summed E-state index contributed by atoms with van der Waals surface area (Å²) in [5, 5.41) is 13.4. The van der Waals surface area contributed by atoms with Crippen LogP contribution in [0.2, 0.25) is 5.02 Å². The van der Waals surface area contributed by atoms with Crippen LogP contribution in [0.1, 0.15) is 18.4 Å². The lowest BCUT2D eigenvalue weighted by Gasteiger charge is -2.10. The molecule has 1 atom stereocenters. The third kappa shape index (κ3) is 3.60. The van der Waals surface area contributed by atoms with Crippen molar-refractivity contribution in [3.05, 3.63) is 28.8 Å². The zero-order chi connectivity index (χ0) is 12.1. The smallest absolute Gasteiger partial charge is 0.138 e. The zero-order valence-electron chi connectivity index (χ0n) is 9.79. The largest absolute Gasteiger partial charge is 0.506 e. The molecule has 1 fully saturated rings. The first kappa shape index (κ1) is 12.7. The zero-order valence-corrected chi connectivity index (χ0v) is 10.5. The van der Waals surface area contributed by atoms with Crippen LogP contribution >= 0.6 is 11.6 Å². The highest BCUT2D eigenvalue weighted by Gasteiger charge is 2.14. The van der Waals surface area contributed by atoms with Gasteiger partial charge in [-0.25, -0.2) is 0 Å². The lowest BCUT2D eigenvalue weighted by molar-refractivity contribution is 0.184. The molecule has 1 aromatic carbocycles. The molecule has 1 heterocycles. The molecule has 2 rings (SSSR count). The summed E-state index contributed by atoms with van der Waals surface area (Å²) in [7, 11) is 0. The Morgan fingerprint density at radius 2 is 2.35 bits per heavy atom. The van der Waals surface area contributed by atoms with E-state index in [4.69, 9.17) is 16.3 Å². The molecule has 0 aromatic heterocycles. The summed E-state index contributed by atoms with van der Waals surface area (Å²) >= 11 is 5.84. The summed E-state index contributed by atoms with van der Waals surface area (Å²) in [6.45, 7) is 3.39. The van der Waals surface area contributed by atoms with Crippen molar-refractivity contribution in [2.24, 2.45) is 5.92 Å². The molecule has 1 unspecified atom stereocenters. The van der Waals surface area contributed by atoms with Crippen LogP contribution < -0.4 is 5.32 Å². The van der Waals surface area contributed by atoms with E-state index in [0.29, 0.717) is 17.5 Å². The number of para-hydroxylation sites is 1. The van der Waals surface area contributed by atoms with Crippen molar-refractivity contribution in [2.75, 3.05) is 19.8 Å². The number of halogens is 1. The highest BCUT2D eigenvalue weighted by atomic mass is 35.5. The van der Waals surface area contributed by atoms with E-state index in [2.05, 4.69) is 5.32 Å². The fourth-order valence-electron chi connectivity index (χ4n) is 2.04. The molecule has 1 saturated heterocycles. The Labute approximate surface area is 107 Å². The molecule has 0 spiro atoms. The van der Waals surface area contributed by atoms with Gasteiger partial charge in [0.1, 0.15) is 5.75 Å². The normalized spacial score (nSPS) is 19.7. The Kier molecular flexibility index (Phi) is 4.66. The van der Waals surface area contributed by atoms with Gasteiger partial charge >= 0.3 is 0 Å². The molecule has 94 valence electrons. The van der Waals surface area contributed by atoms with Crippen LogP contribution in [-0.4, -0.2) is 24.9 Å². The van der Waals surface area contributed by atoms with Gasteiger partial charge in [0.25, 0.3) is 0 Å². The number of benzene rings is 1. The Morgan fingerprint density at radius 1 is 1.47 bits per heavy atom. The molecule has 2 N–H and O–H groups in total. The number of hydrogen-bond donors (Lipinski definition) is 2. The Hall–Kier alpha value is -0.770. The first-order valence-electron chi connectivity index (χ1n) is 6.02. The molecular formula is C13H18ClNO2. The number of hydrogen-bond acceptors (Lipinski definition) is 3. The second kappa shape index (κ2) is 6.24. The number of aromatic hydroxyl groups is 1. The molecule has 1 aliphatic heterocycles. The van der Waals surface area contributed by atoms with Crippen molar-refractivity contribution in [3.8, 4) is 5.75 Å². The molecule has 0 bridgehead atoms. The van der Waals surface area contributed by atoms with Gasteiger partial charge < -0.3 is 15.2 Å². The van der Waals surface area contributed by atoms with Crippen molar-refractivity contribution in [2.45, 2.75) is 19.4 Å². The maximum atomic E-state index is 9.72. The molecule has 3 nitrogen and oxygen atoms in total. The van der Waals surface area contributed by atoms with E-state index in [1.54, 1.807) is 6.07 Å². The van der Waals surface area contributed by atoms with Gasteiger partial charge in [-0.2, -0.15) is 0 Å². The van der Waals surface area contributed by atoms with E-state index in [1.807, 2.05) is 12.1 Å². The van der Waals surface area contributed by atoms with E-state index in [-0.39, 0.29) is 5.75 Å². The summed E-state index contributed by atoms with van der Waals surface area (Å²) in [5.41, 5.74) is 0.847. The number of nitrogens with one attached hydrogen (secondary N) is 1. The van der Waals surface area contributed by atoms with E-state index >= 15 is 0 Å². The molecule has 17 heavy (non-hydrogen) atoms. The van der Waals surface area contributed by atoms with Crippen LogP contribution in [0.3, 0.4) is 0 Å². The standard InChI is InChI=1S/C13H18ClNO2/c14-12-3-1-2-11(13(12)16)8-15-6-4-10-5-7-17-9-10/h1-3,10,15-16H,4-9H2. The van der Waals surface area contributed by atoms with Crippen LogP contribution in [0, 0.1) is 5.92 Å². The molecular weight excluding hydrogens is 238 g/mol. The van der Waals surface area contributed by atoms with Gasteiger partial charge in [-0.1, -0.05) is 23.7 Å². The van der Waals surface area contributed by atoms with Crippen LogP contribution in [0.4, 0.5) is 0 Å². The topological polar surface area (TPSA) is 41.5 Å². The highest BCUT2D eigenvalue weighted by molar-refractivity contribution is 6.32. The van der Waals surface area contributed by atoms with Crippen molar-refractivity contribution in [1.29, 1.82) is 0 Å². The predicted octanol–water partition coefficient (Wildman–Crippen LogP) is 2.56. The summed E-state index contributed by atoms with van der Waals surface area (Å²) in [4.78, 5) is 0.